The van der Waals surface area contributed by atoms with Crippen LogP contribution in [0.3, 0.4) is 0 Å². The number of benzene rings is 2. The highest BCUT2D eigenvalue weighted by Crippen LogP contribution is 2.22. The zero-order valence-corrected chi connectivity index (χ0v) is 19.7. The molecule has 1 atom stereocenters. The van der Waals surface area contributed by atoms with Crippen molar-refractivity contribution in [3.8, 4) is 0 Å². The van der Waals surface area contributed by atoms with E-state index in [1.807, 2.05) is 71.8 Å². The van der Waals surface area contributed by atoms with E-state index in [1.54, 1.807) is 17.9 Å². The van der Waals surface area contributed by atoms with Crippen LogP contribution >= 0.6 is 0 Å². The number of hydrogen-bond donors (Lipinski definition) is 0. The Bertz CT molecular complexity index is 1160. The average Bonchev–Trinajstić information content (AvgIpc) is 3.20. The molecule has 1 aliphatic rings. The first kappa shape index (κ1) is 23.2. The lowest BCUT2D eigenvalue weighted by Crippen LogP contribution is -2.39. The maximum Gasteiger partial charge on any atom is 0.254 e. The molecule has 0 radical (unpaired) electrons. The SMILES string of the molecule is CN([C@H]1CCCN(C(=O)c2ccccc2Cn2cccn2)CC1)S(=O)(=O)Cc1ccccc1. The molecule has 0 unspecified atom stereocenters. The van der Waals surface area contributed by atoms with Crippen molar-refractivity contribution in [3.63, 3.8) is 0 Å². The van der Waals surface area contributed by atoms with Gasteiger partial charge in [0.1, 0.15) is 0 Å². The molecule has 1 fully saturated rings. The largest absolute Gasteiger partial charge is 0.339 e. The third-order valence-corrected chi connectivity index (χ3v) is 8.14. The number of sulfonamides is 1. The number of hydrogen-bond acceptors (Lipinski definition) is 4. The zero-order chi connectivity index (χ0) is 23.3. The minimum atomic E-state index is -3.43. The summed E-state index contributed by atoms with van der Waals surface area (Å²) in [4.78, 5) is 15.2. The first-order valence-electron chi connectivity index (χ1n) is 11.3. The van der Waals surface area contributed by atoms with E-state index in [2.05, 4.69) is 5.10 Å². The Balaban J connectivity index is 1.42. The summed E-state index contributed by atoms with van der Waals surface area (Å²) in [6.07, 6.45) is 5.73. The van der Waals surface area contributed by atoms with E-state index in [0.29, 0.717) is 31.6 Å². The van der Waals surface area contributed by atoms with E-state index >= 15 is 0 Å². The monoisotopic (exact) mass is 466 g/mol. The number of carbonyl (C=O) groups is 1. The van der Waals surface area contributed by atoms with Gasteiger partial charge in [-0.05, 0) is 42.5 Å². The van der Waals surface area contributed by atoms with Gasteiger partial charge >= 0.3 is 0 Å². The maximum absolute atomic E-state index is 13.4. The third kappa shape index (κ3) is 5.69. The maximum atomic E-state index is 13.4. The van der Waals surface area contributed by atoms with Crippen LogP contribution < -0.4 is 0 Å². The summed E-state index contributed by atoms with van der Waals surface area (Å²) < 4.78 is 29.3. The van der Waals surface area contributed by atoms with Crippen LogP contribution in [0.5, 0.6) is 0 Å². The Morgan fingerprint density at radius 2 is 1.79 bits per heavy atom. The summed E-state index contributed by atoms with van der Waals surface area (Å²) in [7, 11) is -1.77. The van der Waals surface area contributed by atoms with Crippen LogP contribution in [0.25, 0.3) is 0 Å². The van der Waals surface area contributed by atoms with Crippen molar-refractivity contribution in [2.24, 2.45) is 0 Å². The van der Waals surface area contributed by atoms with E-state index in [0.717, 1.165) is 24.0 Å². The van der Waals surface area contributed by atoms with Gasteiger partial charge in [-0.1, -0.05) is 48.5 Å². The number of carbonyl (C=O) groups excluding carboxylic acids is 1. The lowest BCUT2D eigenvalue weighted by molar-refractivity contribution is 0.0758. The molecule has 33 heavy (non-hydrogen) atoms. The van der Waals surface area contributed by atoms with E-state index < -0.39 is 10.0 Å². The van der Waals surface area contributed by atoms with Gasteiger partial charge in [0.15, 0.2) is 0 Å². The Kier molecular flexibility index (Phi) is 7.25. The molecule has 1 aliphatic heterocycles. The van der Waals surface area contributed by atoms with Crippen molar-refractivity contribution in [2.75, 3.05) is 20.1 Å². The predicted molar refractivity (Wildman–Crippen MR) is 128 cm³/mol. The Morgan fingerprint density at radius 3 is 2.55 bits per heavy atom. The van der Waals surface area contributed by atoms with Gasteiger partial charge in [-0.2, -0.15) is 5.10 Å². The van der Waals surface area contributed by atoms with Gasteiger partial charge in [0.2, 0.25) is 10.0 Å². The lowest BCUT2D eigenvalue weighted by atomic mass is 10.1. The molecule has 3 aromatic rings. The van der Waals surface area contributed by atoms with Crippen molar-refractivity contribution < 1.29 is 13.2 Å². The number of likely N-dealkylation sites (tertiary alicyclic amines) is 1. The highest BCUT2D eigenvalue weighted by molar-refractivity contribution is 7.88. The van der Waals surface area contributed by atoms with Gasteiger partial charge in [-0.3, -0.25) is 9.48 Å². The Hall–Kier alpha value is -2.97. The Morgan fingerprint density at radius 1 is 1.03 bits per heavy atom. The molecule has 0 aliphatic carbocycles. The first-order valence-corrected chi connectivity index (χ1v) is 12.9. The lowest BCUT2D eigenvalue weighted by Gasteiger charge is -2.27. The summed E-state index contributed by atoms with van der Waals surface area (Å²) in [5.74, 6) is -0.0159. The van der Waals surface area contributed by atoms with Crippen molar-refractivity contribution in [3.05, 3.63) is 89.7 Å². The molecule has 0 spiro atoms. The molecular weight excluding hydrogens is 436 g/mol. The van der Waals surface area contributed by atoms with Crippen LogP contribution in [0.4, 0.5) is 0 Å². The van der Waals surface area contributed by atoms with Gasteiger partial charge in [0, 0.05) is 44.1 Å². The van der Waals surface area contributed by atoms with E-state index in [4.69, 9.17) is 0 Å². The second-order valence-electron chi connectivity index (χ2n) is 8.50. The molecule has 2 aromatic carbocycles. The standard InChI is InChI=1S/C25H30N4O3S/c1-27(33(31,32)20-21-9-3-2-4-10-21)23-12-7-16-28(18-14-23)25(30)24-13-6-5-11-22(24)19-29-17-8-15-26-29/h2-6,8-11,13,15,17,23H,7,12,14,16,18-20H2,1H3/t23-/m0/s1. The van der Waals surface area contributed by atoms with Gasteiger partial charge in [0.25, 0.3) is 5.91 Å². The molecule has 0 saturated carbocycles. The van der Waals surface area contributed by atoms with Crippen LogP contribution in [-0.4, -0.2) is 59.5 Å². The highest BCUT2D eigenvalue weighted by Gasteiger charge is 2.30. The van der Waals surface area contributed by atoms with Crippen LogP contribution in [-0.2, 0) is 22.3 Å². The van der Waals surface area contributed by atoms with E-state index in [-0.39, 0.29) is 17.7 Å². The topological polar surface area (TPSA) is 75.5 Å². The highest BCUT2D eigenvalue weighted by atomic mass is 32.2. The molecule has 7 nitrogen and oxygen atoms in total. The summed E-state index contributed by atoms with van der Waals surface area (Å²) in [5, 5.41) is 4.25. The number of aromatic nitrogens is 2. The number of nitrogens with zero attached hydrogens (tertiary/aromatic N) is 4. The summed E-state index contributed by atoms with van der Waals surface area (Å²) in [5.41, 5.74) is 2.38. The van der Waals surface area contributed by atoms with Crippen molar-refractivity contribution in [1.29, 1.82) is 0 Å². The molecule has 0 bridgehead atoms. The first-order chi connectivity index (χ1) is 15.9. The quantitative estimate of drug-likeness (QED) is 0.535. The minimum absolute atomic E-state index is 0.00629. The molecule has 1 saturated heterocycles. The number of amides is 1. The van der Waals surface area contributed by atoms with Crippen LogP contribution in [0, 0.1) is 0 Å². The van der Waals surface area contributed by atoms with Crippen molar-refractivity contribution in [1.82, 2.24) is 19.0 Å². The number of rotatable bonds is 7. The molecular formula is C25H30N4O3S. The fraction of sp³-hybridized carbons (Fsp3) is 0.360. The molecule has 4 rings (SSSR count). The van der Waals surface area contributed by atoms with E-state index in [9.17, 15) is 13.2 Å². The minimum Gasteiger partial charge on any atom is -0.339 e. The van der Waals surface area contributed by atoms with Crippen molar-refractivity contribution >= 4 is 15.9 Å². The van der Waals surface area contributed by atoms with Gasteiger partial charge in [-0.15, -0.1) is 0 Å². The van der Waals surface area contributed by atoms with Crippen molar-refractivity contribution in [2.45, 2.75) is 37.6 Å². The van der Waals surface area contributed by atoms with Crippen LogP contribution in [0.15, 0.2) is 73.1 Å². The fourth-order valence-corrected chi connectivity index (χ4v) is 5.85. The fourth-order valence-electron chi connectivity index (χ4n) is 4.36. The van der Waals surface area contributed by atoms with Gasteiger partial charge < -0.3 is 4.90 Å². The molecule has 0 N–H and O–H groups in total. The van der Waals surface area contributed by atoms with Gasteiger partial charge in [-0.25, -0.2) is 12.7 Å². The second-order valence-corrected chi connectivity index (χ2v) is 10.5. The molecule has 1 amide bonds. The smallest absolute Gasteiger partial charge is 0.254 e. The molecule has 8 heteroatoms. The molecule has 1 aromatic heterocycles. The second kappa shape index (κ2) is 10.3. The van der Waals surface area contributed by atoms with Crippen LogP contribution in [0.2, 0.25) is 0 Å². The predicted octanol–water partition coefficient (Wildman–Crippen LogP) is 3.39. The summed E-state index contributed by atoms with van der Waals surface area (Å²) in [6, 6.07) is 18.6. The average molecular weight is 467 g/mol. The summed E-state index contributed by atoms with van der Waals surface area (Å²) in [6.45, 7) is 1.69. The van der Waals surface area contributed by atoms with Crippen LogP contribution in [0.1, 0.15) is 40.7 Å². The third-order valence-electron chi connectivity index (χ3n) is 6.27. The van der Waals surface area contributed by atoms with Gasteiger partial charge in [0.05, 0.1) is 12.3 Å². The normalized spacial score (nSPS) is 17.2. The van der Waals surface area contributed by atoms with E-state index in [1.165, 1.54) is 4.31 Å². The molecule has 2 heterocycles. The summed E-state index contributed by atoms with van der Waals surface area (Å²) >= 11 is 0. The molecule has 174 valence electrons. The zero-order valence-electron chi connectivity index (χ0n) is 18.9. The Labute approximate surface area is 195 Å².